The highest BCUT2D eigenvalue weighted by Crippen LogP contribution is 2.14. The number of amides is 1. The number of hydrogen-bond donors (Lipinski definition) is 2. The van der Waals surface area contributed by atoms with E-state index in [4.69, 9.17) is 0 Å². The molecular weight excluding hydrogens is 272 g/mol. The van der Waals surface area contributed by atoms with Gasteiger partial charge >= 0.3 is 0 Å². The van der Waals surface area contributed by atoms with Crippen molar-refractivity contribution in [2.24, 2.45) is 0 Å². The number of benzene rings is 1. The maximum atomic E-state index is 11.9. The standard InChI is InChI=1S/C14H18N4OS/c1-3-15-14-18-17-13(20-14)12(19)16-8-7-11-6-4-5-10(2)9-11/h4-6,9H,3,7-8H2,1-2H3,(H,15,18)(H,16,19). The van der Waals surface area contributed by atoms with Crippen LogP contribution >= 0.6 is 11.3 Å². The Hall–Kier alpha value is -1.95. The zero-order valence-corrected chi connectivity index (χ0v) is 12.5. The SMILES string of the molecule is CCNc1nnc(C(=O)NCCc2cccc(C)c2)s1. The summed E-state index contributed by atoms with van der Waals surface area (Å²) in [5, 5.41) is 14.7. The van der Waals surface area contributed by atoms with Crippen LogP contribution < -0.4 is 10.6 Å². The van der Waals surface area contributed by atoms with Crippen molar-refractivity contribution in [2.45, 2.75) is 20.3 Å². The predicted octanol–water partition coefficient (Wildman–Crippen LogP) is 2.25. The second-order valence-corrected chi connectivity index (χ2v) is 5.42. The third kappa shape index (κ3) is 4.03. The van der Waals surface area contributed by atoms with Gasteiger partial charge in [0.05, 0.1) is 0 Å². The highest BCUT2D eigenvalue weighted by Gasteiger charge is 2.11. The topological polar surface area (TPSA) is 66.9 Å². The first-order chi connectivity index (χ1) is 9.69. The number of anilines is 1. The Morgan fingerprint density at radius 1 is 1.35 bits per heavy atom. The van der Waals surface area contributed by atoms with E-state index in [9.17, 15) is 4.79 Å². The molecule has 6 heteroatoms. The van der Waals surface area contributed by atoms with Gasteiger partial charge in [-0.2, -0.15) is 0 Å². The summed E-state index contributed by atoms with van der Waals surface area (Å²) in [5.41, 5.74) is 2.45. The first-order valence-corrected chi connectivity index (χ1v) is 7.42. The van der Waals surface area contributed by atoms with E-state index in [1.165, 1.54) is 22.5 Å². The van der Waals surface area contributed by atoms with Gasteiger partial charge in [0, 0.05) is 13.1 Å². The second-order valence-electron chi connectivity index (χ2n) is 4.44. The van der Waals surface area contributed by atoms with E-state index >= 15 is 0 Å². The van der Waals surface area contributed by atoms with E-state index in [-0.39, 0.29) is 5.91 Å². The van der Waals surface area contributed by atoms with E-state index in [1.54, 1.807) is 0 Å². The Bertz CT molecular complexity index is 582. The van der Waals surface area contributed by atoms with Crippen molar-refractivity contribution in [3.05, 3.63) is 40.4 Å². The third-order valence-corrected chi connectivity index (χ3v) is 3.61. The van der Waals surface area contributed by atoms with Gasteiger partial charge in [-0.25, -0.2) is 0 Å². The lowest BCUT2D eigenvalue weighted by atomic mass is 10.1. The van der Waals surface area contributed by atoms with Gasteiger partial charge in [-0.05, 0) is 25.8 Å². The molecule has 20 heavy (non-hydrogen) atoms. The Balaban J connectivity index is 1.82. The summed E-state index contributed by atoms with van der Waals surface area (Å²) >= 11 is 1.27. The number of nitrogens with one attached hydrogen (secondary N) is 2. The Morgan fingerprint density at radius 3 is 2.95 bits per heavy atom. The number of carbonyl (C=O) groups is 1. The molecule has 2 rings (SSSR count). The Morgan fingerprint density at radius 2 is 2.20 bits per heavy atom. The van der Waals surface area contributed by atoms with Crippen molar-refractivity contribution in [1.29, 1.82) is 0 Å². The van der Waals surface area contributed by atoms with Crippen molar-refractivity contribution >= 4 is 22.4 Å². The zero-order chi connectivity index (χ0) is 14.4. The molecule has 0 spiro atoms. The van der Waals surface area contributed by atoms with E-state index < -0.39 is 0 Å². The molecule has 1 aromatic heterocycles. The van der Waals surface area contributed by atoms with Crippen LogP contribution in [0, 0.1) is 6.92 Å². The molecule has 106 valence electrons. The first kappa shape index (κ1) is 14.5. The molecule has 5 nitrogen and oxygen atoms in total. The molecular formula is C14H18N4OS. The minimum Gasteiger partial charge on any atom is -0.360 e. The Kier molecular flexibility index (Phi) is 5.06. The van der Waals surface area contributed by atoms with E-state index in [0.29, 0.717) is 16.7 Å². The van der Waals surface area contributed by atoms with Gasteiger partial charge in [-0.3, -0.25) is 4.79 Å². The molecule has 0 saturated carbocycles. The van der Waals surface area contributed by atoms with Gasteiger partial charge in [0.1, 0.15) is 0 Å². The molecule has 0 saturated heterocycles. The van der Waals surface area contributed by atoms with E-state index in [2.05, 4.69) is 46.0 Å². The fourth-order valence-electron chi connectivity index (χ4n) is 1.80. The summed E-state index contributed by atoms with van der Waals surface area (Å²) < 4.78 is 0. The summed E-state index contributed by atoms with van der Waals surface area (Å²) in [5.74, 6) is -0.167. The third-order valence-electron chi connectivity index (χ3n) is 2.73. The summed E-state index contributed by atoms with van der Waals surface area (Å²) in [6.07, 6.45) is 0.812. The van der Waals surface area contributed by atoms with Crippen LogP contribution in [0.15, 0.2) is 24.3 Å². The number of rotatable bonds is 6. The van der Waals surface area contributed by atoms with Crippen LogP contribution in [0.25, 0.3) is 0 Å². The maximum Gasteiger partial charge on any atom is 0.282 e. The fourth-order valence-corrected chi connectivity index (χ4v) is 2.53. The van der Waals surface area contributed by atoms with Crippen LogP contribution in [0.4, 0.5) is 5.13 Å². The number of carbonyl (C=O) groups excluding carboxylic acids is 1. The average molecular weight is 290 g/mol. The molecule has 0 bridgehead atoms. The quantitative estimate of drug-likeness (QED) is 0.856. The van der Waals surface area contributed by atoms with Crippen LogP contribution in [0.3, 0.4) is 0 Å². The largest absolute Gasteiger partial charge is 0.360 e. The van der Waals surface area contributed by atoms with Crippen molar-refractivity contribution in [3.63, 3.8) is 0 Å². The van der Waals surface area contributed by atoms with Crippen LogP contribution in [-0.4, -0.2) is 29.2 Å². The fraction of sp³-hybridized carbons (Fsp3) is 0.357. The summed E-state index contributed by atoms with van der Waals surface area (Å²) in [4.78, 5) is 11.9. The van der Waals surface area contributed by atoms with Crippen LogP contribution in [-0.2, 0) is 6.42 Å². The van der Waals surface area contributed by atoms with Gasteiger partial charge < -0.3 is 10.6 Å². The molecule has 0 fully saturated rings. The minimum absolute atomic E-state index is 0.167. The minimum atomic E-state index is -0.167. The van der Waals surface area contributed by atoms with Crippen molar-refractivity contribution in [1.82, 2.24) is 15.5 Å². The summed E-state index contributed by atoms with van der Waals surface area (Å²) in [7, 11) is 0. The lowest BCUT2D eigenvalue weighted by Gasteiger charge is -2.04. The molecule has 0 aliphatic heterocycles. The summed E-state index contributed by atoms with van der Waals surface area (Å²) in [6.45, 7) is 5.40. The van der Waals surface area contributed by atoms with E-state index in [0.717, 1.165) is 13.0 Å². The van der Waals surface area contributed by atoms with Gasteiger partial charge in [-0.15, -0.1) is 10.2 Å². The van der Waals surface area contributed by atoms with Gasteiger partial charge in [0.15, 0.2) is 0 Å². The second kappa shape index (κ2) is 7.00. The monoisotopic (exact) mass is 290 g/mol. The van der Waals surface area contributed by atoms with Crippen LogP contribution in [0.2, 0.25) is 0 Å². The maximum absolute atomic E-state index is 11.9. The van der Waals surface area contributed by atoms with Gasteiger partial charge in [0.25, 0.3) is 5.91 Å². The first-order valence-electron chi connectivity index (χ1n) is 6.60. The smallest absolute Gasteiger partial charge is 0.282 e. The van der Waals surface area contributed by atoms with Crippen molar-refractivity contribution in [3.8, 4) is 0 Å². The molecule has 0 atom stereocenters. The van der Waals surface area contributed by atoms with Crippen molar-refractivity contribution in [2.75, 3.05) is 18.4 Å². The van der Waals surface area contributed by atoms with Gasteiger partial charge in [0.2, 0.25) is 10.1 Å². The molecule has 0 aliphatic carbocycles. The Labute approximate surface area is 122 Å². The predicted molar refractivity (Wildman–Crippen MR) is 81.3 cm³/mol. The highest BCUT2D eigenvalue weighted by molar-refractivity contribution is 7.17. The molecule has 0 radical (unpaired) electrons. The molecule has 2 N–H and O–H groups in total. The molecule has 0 aliphatic rings. The average Bonchev–Trinajstić information content (AvgIpc) is 2.88. The zero-order valence-electron chi connectivity index (χ0n) is 11.6. The van der Waals surface area contributed by atoms with E-state index in [1.807, 2.05) is 13.0 Å². The number of nitrogens with zero attached hydrogens (tertiary/aromatic N) is 2. The number of hydrogen-bond acceptors (Lipinski definition) is 5. The lowest BCUT2D eigenvalue weighted by Crippen LogP contribution is -2.25. The van der Waals surface area contributed by atoms with Crippen LogP contribution in [0.5, 0.6) is 0 Å². The van der Waals surface area contributed by atoms with Crippen molar-refractivity contribution < 1.29 is 4.79 Å². The molecule has 1 heterocycles. The highest BCUT2D eigenvalue weighted by atomic mass is 32.1. The molecule has 1 aromatic carbocycles. The summed E-state index contributed by atoms with van der Waals surface area (Å²) in [6, 6.07) is 8.28. The number of aromatic nitrogens is 2. The molecule has 2 aromatic rings. The number of aryl methyl sites for hydroxylation is 1. The van der Waals surface area contributed by atoms with Crippen LogP contribution in [0.1, 0.15) is 27.9 Å². The molecule has 1 amide bonds. The molecule has 0 unspecified atom stereocenters. The lowest BCUT2D eigenvalue weighted by molar-refractivity contribution is 0.0953. The normalized spacial score (nSPS) is 10.3. The van der Waals surface area contributed by atoms with Gasteiger partial charge in [-0.1, -0.05) is 41.2 Å².